The maximum atomic E-state index is 10.7. The van der Waals surface area contributed by atoms with E-state index in [-0.39, 0.29) is 29.0 Å². The van der Waals surface area contributed by atoms with E-state index in [9.17, 15) is 4.79 Å². The number of carbonyl (C=O) groups is 1. The Balaban J connectivity index is 0.00000225. The van der Waals surface area contributed by atoms with Crippen molar-refractivity contribution < 1.29 is 16.8 Å². The molecule has 0 aromatic carbocycles. The van der Waals surface area contributed by atoms with Crippen LogP contribution in [0.1, 0.15) is 13.3 Å². The van der Waals surface area contributed by atoms with Crippen molar-refractivity contribution in [2.75, 3.05) is 20.0 Å². The van der Waals surface area contributed by atoms with Crippen molar-refractivity contribution >= 4 is 23.0 Å². The van der Waals surface area contributed by atoms with Gasteiger partial charge in [-0.05, 0) is 13.4 Å². The van der Waals surface area contributed by atoms with Crippen molar-refractivity contribution in [3.8, 4) is 0 Å². The minimum Gasteiger partial charge on any atom is -0.478 e. The van der Waals surface area contributed by atoms with Crippen LogP contribution < -0.4 is 0 Å². The van der Waals surface area contributed by atoms with Gasteiger partial charge in [0.2, 0.25) is 0 Å². The van der Waals surface area contributed by atoms with Gasteiger partial charge in [-0.25, -0.2) is 4.79 Å². The fraction of sp³-hybridized carbons (Fsp3) is 0.571. The van der Waals surface area contributed by atoms with E-state index < -0.39 is 26.0 Å². The molecule has 11 heavy (non-hydrogen) atoms. The van der Waals surface area contributed by atoms with E-state index in [1.54, 1.807) is 0 Å². The standard InChI is InChI=1S/C7H11NO2.BrH/c1-8-4-2-3-6(5-8)7(9)10;/h3H,2,4-5H2,1H3,(H,9,10);1H/i1D3,4D,5D;. The molecule has 4 heteroatoms. The van der Waals surface area contributed by atoms with E-state index in [1.807, 2.05) is 0 Å². The Kier molecular flexibility index (Phi) is 1.90. The van der Waals surface area contributed by atoms with Crippen LogP contribution in [0.15, 0.2) is 11.6 Å². The molecular weight excluding hydrogens is 210 g/mol. The quantitative estimate of drug-likeness (QED) is 0.723. The molecule has 0 radical (unpaired) electrons. The van der Waals surface area contributed by atoms with E-state index >= 15 is 0 Å². The Hall–Kier alpha value is -0.350. The highest BCUT2D eigenvalue weighted by Crippen LogP contribution is 2.06. The van der Waals surface area contributed by atoms with E-state index in [4.69, 9.17) is 12.0 Å². The molecule has 1 aliphatic heterocycles. The first-order valence-corrected chi connectivity index (χ1v) is 2.81. The van der Waals surface area contributed by atoms with E-state index in [2.05, 4.69) is 0 Å². The van der Waals surface area contributed by atoms with Gasteiger partial charge in [-0.15, -0.1) is 17.0 Å². The zero-order chi connectivity index (χ0) is 11.8. The average molecular weight is 227 g/mol. The number of nitrogens with zero attached hydrogens (tertiary/aromatic N) is 1. The van der Waals surface area contributed by atoms with Crippen molar-refractivity contribution in [1.29, 1.82) is 0 Å². The molecule has 0 spiro atoms. The Morgan fingerprint density at radius 1 is 2.00 bits per heavy atom. The molecule has 0 fully saturated rings. The molecule has 2 unspecified atom stereocenters. The highest BCUT2D eigenvalue weighted by atomic mass is 79.9. The Labute approximate surface area is 83.5 Å². The second-order valence-corrected chi connectivity index (χ2v) is 1.92. The van der Waals surface area contributed by atoms with Crippen LogP contribution in [0.2, 0.25) is 0 Å². The minimum absolute atomic E-state index is 0. The minimum atomic E-state index is -2.62. The summed E-state index contributed by atoms with van der Waals surface area (Å²) < 4.78 is 36.3. The highest BCUT2D eigenvalue weighted by molar-refractivity contribution is 8.93. The number of hydrogen-bond acceptors (Lipinski definition) is 2. The molecule has 1 N–H and O–H groups in total. The highest BCUT2D eigenvalue weighted by Gasteiger charge is 2.13. The number of rotatable bonds is 1. The van der Waals surface area contributed by atoms with Crippen LogP contribution in [0.3, 0.4) is 0 Å². The first kappa shape index (κ1) is 4.62. The summed E-state index contributed by atoms with van der Waals surface area (Å²) in [5.41, 5.74) is -0.283. The molecule has 0 bridgehead atoms. The lowest BCUT2D eigenvalue weighted by Crippen LogP contribution is -2.28. The van der Waals surface area contributed by atoms with Crippen molar-refractivity contribution in [3.63, 3.8) is 0 Å². The normalized spacial score (nSPS) is 39.6. The summed E-state index contributed by atoms with van der Waals surface area (Å²) in [6.45, 7) is -5.22. The van der Waals surface area contributed by atoms with E-state index in [0.29, 0.717) is 4.90 Å². The van der Waals surface area contributed by atoms with Crippen LogP contribution in [-0.2, 0) is 4.79 Å². The van der Waals surface area contributed by atoms with Crippen LogP contribution in [-0.4, -0.2) is 36.0 Å². The van der Waals surface area contributed by atoms with E-state index in [0.717, 1.165) is 0 Å². The third kappa shape index (κ3) is 3.03. The largest absolute Gasteiger partial charge is 0.478 e. The summed E-state index contributed by atoms with van der Waals surface area (Å²) >= 11 is 0. The first-order chi connectivity index (χ1) is 6.75. The second-order valence-electron chi connectivity index (χ2n) is 1.92. The molecule has 1 rings (SSSR count). The average Bonchev–Trinajstić information content (AvgIpc) is 2.00. The summed E-state index contributed by atoms with van der Waals surface area (Å²) in [5.74, 6) is -1.31. The molecule has 0 aromatic rings. The molecular formula is C7H12BrNO2. The number of hydrogen-bond donors (Lipinski definition) is 1. The smallest absolute Gasteiger partial charge is 0.332 e. The molecule has 0 aromatic heterocycles. The van der Waals surface area contributed by atoms with Crippen LogP contribution in [0.4, 0.5) is 0 Å². The molecule has 0 aliphatic carbocycles. The monoisotopic (exact) mass is 226 g/mol. The Morgan fingerprint density at radius 2 is 2.73 bits per heavy atom. The fourth-order valence-electron chi connectivity index (χ4n) is 0.691. The SMILES string of the molecule is Br.[2H]C1CC=C(C(=O)O)C([2H])N1C([2H])([2H])[2H]. The van der Waals surface area contributed by atoms with Crippen LogP contribution in [0.25, 0.3) is 0 Å². The van der Waals surface area contributed by atoms with Gasteiger partial charge in [-0.2, -0.15) is 0 Å². The van der Waals surface area contributed by atoms with Crippen molar-refractivity contribution in [2.24, 2.45) is 0 Å². The van der Waals surface area contributed by atoms with Gasteiger partial charge in [0.1, 0.15) is 0 Å². The van der Waals surface area contributed by atoms with Crippen molar-refractivity contribution in [3.05, 3.63) is 11.6 Å². The summed E-state index contributed by atoms with van der Waals surface area (Å²) in [5, 5.41) is 8.72. The first-order valence-electron chi connectivity index (χ1n) is 5.47. The van der Waals surface area contributed by atoms with Crippen LogP contribution >= 0.6 is 17.0 Å². The fourth-order valence-corrected chi connectivity index (χ4v) is 0.691. The van der Waals surface area contributed by atoms with Gasteiger partial charge in [0.25, 0.3) is 0 Å². The third-order valence-electron chi connectivity index (χ3n) is 1.16. The van der Waals surface area contributed by atoms with Gasteiger partial charge in [0, 0.05) is 25.5 Å². The Morgan fingerprint density at radius 3 is 3.27 bits per heavy atom. The predicted molar refractivity (Wildman–Crippen MR) is 48.2 cm³/mol. The molecule has 0 saturated carbocycles. The number of carboxylic acids is 1. The Bertz CT molecular complexity index is 306. The maximum absolute atomic E-state index is 10.7. The second kappa shape index (κ2) is 4.51. The summed E-state index contributed by atoms with van der Waals surface area (Å²) in [7, 11) is 0. The number of aliphatic carboxylic acids is 1. The van der Waals surface area contributed by atoms with Gasteiger partial charge in [-0.1, -0.05) is 6.08 Å². The number of carboxylic acid groups (broad SMARTS) is 1. The van der Waals surface area contributed by atoms with Gasteiger partial charge in [0.05, 0.1) is 0 Å². The zero-order valence-electron chi connectivity index (χ0n) is 10.7. The van der Waals surface area contributed by atoms with E-state index in [1.165, 1.54) is 6.08 Å². The lowest BCUT2D eigenvalue weighted by molar-refractivity contribution is -0.133. The van der Waals surface area contributed by atoms with Crippen LogP contribution in [0.5, 0.6) is 0 Å². The lowest BCUT2D eigenvalue weighted by Gasteiger charge is -2.20. The summed E-state index contributed by atoms with van der Waals surface area (Å²) in [4.78, 5) is 11.3. The van der Waals surface area contributed by atoms with Gasteiger partial charge < -0.3 is 10.0 Å². The van der Waals surface area contributed by atoms with Crippen molar-refractivity contribution in [2.45, 2.75) is 6.42 Å². The number of likely N-dealkylation sites (N-methyl/N-ethyl adjacent to an activating group) is 1. The van der Waals surface area contributed by atoms with Crippen molar-refractivity contribution in [1.82, 2.24) is 4.90 Å². The van der Waals surface area contributed by atoms with Crippen LogP contribution in [0, 0.1) is 0 Å². The molecule has 64 valence electrons. The summed E-state index contributed by atoms with van der Waals surface area (Å²) in [6.07, 6.45) is 1.25. The summed E-state index contributed by atoms with van der Waals surface area (Å²) in [6, 6.07) is 0. The van der Waals surface area contributed by atoms with Gasteiger partial charge in [-0.3, -0.25) is 0 Å². The predicted octanol–water partition coefficient (Wildman–Crippen LogP) is 0.911. The molecule has 3 nitrogen and oxygen atoms in total. The molecule has 0 saturated heterocycles. The molecule has 2 atom stereocenters. The van der Waals surface area contributed by atoms with Gasteiger partial charge in [0.15, 0.2) is 0 Å². The van der Waals surface area contributed by atoms with Gasteiger partial charge >= 0.3 is 5.97 Å². The topological polar surface area (TPSA) is 40.5 Å². The number of halogens is 1. The maximum Gasteiger partial charge on any atom is 0.332 e. The molecule has 1 aliphatic rings. The zero-order valence-corrected chi connectivity index (χ0v) is 7.36. The molecule has 0 amide bonds. The third-order valence-corrected chi connectivity index (χ3v) is 1.16. The lowest BCUT2D eigenvalue weighted by atomic mass is 10.1. The molecule has 1 heterocycles.